The maximum Gasteiger partial charge on any atom is 0.251 e. The van der Waals surface area contributed by atoms with Crippen LogP contribution in [-0.4, -0.2) is 46.4 Å². The van der Waals surface area contributed by atoms with E-state index in [4.69, 9.17) is 0 Å². The van der Waals surface area contributed by atoms with E-state index in [9.17, 15) is 13.2 Å². The molecule has 6 nitrogen and oxygen atoms in total. The highest BCUT2D eigenvalue weighted by atomic mass is 32.2. The second-order valence-corrected chi connectivity index (χ2v) is 8.10. The van der Waals surface area contributed by atoms with Crippen molar-refractivity contribution in [3.8, 4) is 0 Å². The molecule has 0 aliphatic carbocycles. The minimum absolute atomic E-state index is 0.145. The Bertz CT molecular complexity index is 847. The summed E-state index contributed by atoms with van der Waals surface area (Å²) in [5.74, 6) is -0.238. The fourth-order valence-corrected chi connectivity index (χ4v) is 3.38. The number of hydrogen-bond acceptors (Lipinski definition) is 4. The van der Waals surface area contributed by atoms with Crippen LogP contribution in [0, 0.1) is 6.92 Å². The van der Waals surface area contributed by atoms with E-state index in [1.165, 1.54) is 24.3 Å². The van der Waals surface area contributed by atoms with Gasteiger partial charge in [-0.3, -0.25) is 4.79 Å². The predicted octanol–water partition coefficient (Wildman–Crippen LogP) is 1.76. The van der Waals surface area contributed by atoms with Gasteiger partial charge in [0, 0.05) is 25.2 Å². The zero-order valence-corrected chi connectivity index (χ0v) is 16.1. The summed E-state index contributed by atoms with van der Waals surface area (Å²) < 4.78 is 27.0. The summed E-state index contributed by atoms with van der Waals surface area (Å²) in [6, 6.07) is 13.8. The van der Waals surface area contributed by atoms with Crippen LogP contribution in [0.4, 0.5) is 0 Å². The van der Waals surface area contributed by atoms with Crippen molar-refractivity contribution in [2.45, 2.75) is 18.4 Å². The highest BCUT2D eigenvalue weighted by molar-refractivity contribution is 7.89. The van der Waals surface area contributed by atoms with Crippen molar-refractivity contribution in [2.24, 2.45) is 0 Å². The predicted molar refractivity (Wildman–Crippen MR) is 103 cm³/mol. The lowest BCUT2D eigenvalue weighted by Gasteiger charge is -2.11. The molecule has 140 valence electrons. The first kappa shape index (κ1) is 20.1. The van der Waals surface area contributed by atoms with Gasteiger partial charge in [0.2, 0.25) is 10.0 Å². The number of carbonyl (C=O) groups excluding carboxylic acids is 1. The minimum atomic E-state index is -3.57. The van der Waals surface area contributed by atoms with E-state index in [1.807, 2.05) is 50.2 Å². The largest absolute Gasteiger partial charge is 0.348 e. The summed E-state index contributed by atoms with van der Waals surface area (Å²) in [6.07, 6.45) is 0. The van der Waals surface area contributed by atoms with Crippen molar-refractivity contribution < 1.29 is 13.2 Å². The highest BCUT2D eigenvalue weighted by Gasteiger charge is 2.14. The van der Waals surface area contributed by atoms with E-state index in [0.717, 1.165) is 11.1 Å². The Hall–Kier alpha value is -2.22. The molecule has 2 aromatic carbocycles. The van der Waals surface area contributed by atoms with E-state index >= 15 is 0 Å². The van der Waals surface area contributed by atoms with Gasteiger partial charge in [0.1, 0.15) is 0 Å². The van der Waals surface area contributed by atoms with E-state index in [0.29, 0.717) is 25.2 Å². The molecule has 0 aliphatic rings. The molecule has 0 spiro atoms. The van der Waals surface area contributed by atoms with E-state index in [-0.39, 0.29) is 10.8 Å². The van der Waals surface area contributed by atoms with Gasteiger partial charge in [0.05, 0.1) is 4.90 Å². The molecule has 2 aromatic rings. The molecule has 0 radical (unpaired) electrons. The van der Waals surface area contributed by atoms with Gasteiger partial charge in [0.25, 0.3) is 5.91 Å². The van der Waals surface area contributed by atoms with Crippen LogP contribution in [0.25, 0.3) is 0 Å². The van der Waals surface area contributed by atoms with Gasteiger partial charge in [-0.15, -0.1) is 0 Å². The fraction of sp³-hybridized carbons (Fsp3) is 0.316. The summed E-state index contributed by atoms with van der Waals surface area (Å²) in [6.45, 7) is 3.36. The van der Waals surface area contributed by atoms with E-state index in [2.05, 4.69) is 10.0 Å². The Balaban J connectivity index is 1.97. The van der Waals surface area contributed by atoms with Crippen molar-refractivity contribution in [3.63, 3.8) is 0 Å². The summed E-state index contributed by atoms with van der Waals surface area (Å²) in [4.78, 5) is 14.3. The smallest absolute Gasteiger partial charge is 0.251 e. The molecule has 0 saturated carbocycles. The van der Waals surface area contributed by atoms with Crippen molar-refractivity contribution in [3.05, 3.63) is 65.2 Å². The normalized spacial score (nSPS) is 11.5. The van der Waals surface area contributed by atoms with Crippen LogP contribution in [0.1, 0.15) is 21.5 Å². The van der Waals surface area contributed by atoms with Gasteiger partial charge in [-0.25, -0.2) is 13.1 Å². The Labute approximate surface area is 155 Å². The zero-order chi connectivity index (χ0) is 19.2. The standard InChI is InChI=1S/C19H25N3O3S/c1-15-6-4-5-7-17(15)14-20-19(23)16-8-10-18(11-9-16)26(24,25)21-12-13-22(2)3/h4-11,21H,12-14H2,1-3H3,(H,20,23). The summed E-state index contributed by atoms with van der Waals surface area (Å²) >= 11 is 0. The van der Waals surface area contributed by atoms with E-state index < -0.39 is 10.0 Å². The van der Waals surface area contributed by atoms with Crippen LogP contribution in [-0.2, 0) is 16.6 Å². The van der Waals surface area contributed by atoms with Crippen LogP contribution < -0.4 is 10.0 Å². The molecule has 26 heavy (non-hydrogen) atoms. The average Bonchev–Trinajstić information content (AvgIpc) is 2.60. The molecule has 0 aromatic heterocycles. The molecular weight excluding hydrogens is 350 g/mol. The van der Waals surface area contributed by atoms with Crippen molar-refractivity contribution >= 4 is 15.9 Å². The molecule has 2 N–H and O–H groups in total. The molecule has 2 rings (SSSR count). The topological polar surface area (TPSA) is 78.5 Å². The Kier molecular flexibility index (Phi) is 6.90. The Morgan fingerprint density at radius 2 is 1.69 bits per heavy atom. The van der Waals surface area contributed by atoms with Gasteiger partial charge in [-0.05, 0) is 56.4 Å². The lowest BCUT2D eigenvalue weighted by Crippen LogP contribution is -2.31. The van der Waals surface area contributed by atoms with Crippen molar-refractivity contribution in [1.82, 2.24) is 14.9 Å². The maximum absolute atomic E-state index is 12.3. The fourth-order valence-electron chi connectivity index (χ4n) is 2.36. The van der Waals surface area contributed by atoms with Crippen LogP contribution in [0.2, 0.25) is 0 Å². The highest BCUT2D eigenvalue weighted by Crippen LogP contribution is 2.11. The third-order valence-electron chi connectivity index (χ3n) is 3.98. The molecule has 0 fully saturated rings. The van der Waals surface area contributed by atoms with Gasteiger partial charge in [0.15, 0.2) is 0 Å². The van der Waals surface area contributed by atoms with Gasteiger partial charge in [-0.1, -0.05) is 24.3 Å². The minimum Gasteiger partial charge on any atom is -0.348 e. The van der Waals surface area contributed by atoms with Crippen molar-refractivity contribution in [1.29, 1.82) is 0 Å². The SMILES string of the molecule is Cc1ccccc1CNC(=O)c1ccc(S(=O)(=O)NCCN(C)C)cc1. The number of sulfonamides is 1. The molecule has 0 unspecified atom stereocenters. The Morgan fingerprint density at radius 1 is 1.04 bits per heavy atom. The monoisotopic (exact) mass is 375 g/mol. The third-order valence-corrected chi connectivity index (χ3v) is 5.46. The quantitative estimate of drug-likeness (QED) is 0.737. The lowest BCUT2D eigenvalue weighted by molar-refractivity contribution is 0.0951. The molecule has 1 amide bonds. The second-order valence-electron chi connectivity index (χ2n) is 6.33. The molecule has 0 heterocycles. The number of nitrogens with one attached hydrogen (secondary N) is 2. The summed E-state index contributed by atoms with van der Waals surface area (Å²) in [5.41, 5.74) is 2.58. The third kappa shape index (κ3) is 5.66. The van der Waals surface area contributed by atoms with E-state index in [1.54, 1.807) is 0 Å². The number of aryl methyl sites for hydroxylation is 1. The maximum atomic E-state index is 12.3. The molecule has 0 saturated heterocycles. The summed E-state index contributed by atoms with van der Waals surface area (Å²) in [7, 11) is 0.180. The molecule has 0 bridgehead atoms. The van der Waals surface area contributed by atoms with Gasteiger partial charge in [-0.2, -0.15) is 0 Å². The lowest BCUT2D eigenvalue weighted by atomic mass is 10.1. The first-order valence-electron chi connectivity index (χ1n) is 8.37. The van der Waals surface area contributed by atoms with Crippen LogP contribution >= 0.6 is 0 Å². The first-order valence-corrected chi connectivity index (χ1v) is 9.85. The van der Waals surface area contributed by atoms with Crippen LogP contribution in [0.5, 0.6) is 0 Å². The number of likely N-dealkylation sites (N-methyl/N-ethyl adjacent to an activating group) is 1. The molecule has 7 heteroatoms. The van der Waals surface area contributed by atoms with Crippen LogP contribution in [0.3, 0.4) is 0 Å². The zero-order valence-electron chi connectivity index (χ0n) is 15.3. The second kappa shape index (κ2) is 8.93. The Morgan fingerprint density at radius 3 is 2.31 bits per heavy atom. The number of carbonyl (C=O) groups is 1. The number of rotatable bonds is 8. The van der Waals surface area contributed by atoms with Crippen LogP contribution in [0.15, 0.2) is 53.4 Å². The average molecular weight is 375 g/mol. The molecule has 0 aliphatic heterocycles. The van der Waals surface area contributed by atoms with Gasteiger partial charge >= 0.3 is 0 Å². The molecule has 0 atom stereocenters. The number of nitrogens with zero attached hydrogens (tertiary/aromatic N) is 1. The number of benzene rings is 2. The summed E-state index contributed by atoms with van der Waals surface area (Å²) in [5, 5.41) is 2.85. The first-order chi connectivity index (χ1) is 12.3. The van der Waals surface area contributed by atoms with Crippen molar-refractivity contribution in [2.75, 3.05) is 27.2 Å². The number of amides is 1. The number of hydrogen-bond donors (Lipinski definition) is 2. The molecular formula is C19H25N3O3S. The van der Waals surface area contributed by atoms with Gasteiger partial charge < -0.3 is 10.2 Å².